The summed E-state index contributed by atoms with van der Waals surface area (Å²) in [5, 5.41) is 10.4. The first-order valence-corrected chi connectivity index (χ1v) is 8.53. The fraction of sp³-hybridized carbons (Fsp3) is 0.357. The van der Waals surface area contributed by atoms with Gasteiger partial charge in [0.25, 0.3) is 0 Å². The number of halogens is 1. The lowest BCUT2D eigenvalue weighted by Crippen LogP contribution is -2.37. The zero-order chi connectivity index (χ0) is 15.0. The summed E-state index contributed by atoms with van der Waals surface area (Å²) in [7, 11) is -3.59. The average Bonchev–Trinajstić information content (AvgIpc) is 2.95. The molecule has 1 saturated heterocycles. The summed E-state index contributed by atoms with van der Waals surface area (Å²) >= 11 is 5.82. The van der Waals surface area contributed by atoms with Crippen LogP contribution in [0.1, 0.15) is 12.8 Å². The molecule has 0 spiro atoms. The van der Waals surface area contributed by atoms with E-state index >= 15 is 0 Å². The number of aliphatic hydroxyl groups excluding tert-OH is 1. The zero-order valence-corrected chi connectivity index (χ0v) is 12.8. The predicted molar refractivity (Wildman–Crippen MR) is 80.8 cm³/mol. The molecule has 1 aromatic heterocycles. The monoisotopic (exact) mass is 326 g/mol. The maximum absolute atomic E-state index is 12.7. The predicted octanol–water partition coefficient (Wildman–Crippen LogP) is 2.03. The van der Waals surface area contributed by atoms with Crippen LogP contribution in [0.5, 0.6) is 0 Å². The Kier molecular flexibility index (Phi) is 3.88. The van der Waals surface area contributed by atoms with Crippen LogP contribution in [0.25, 0.3) is 10.9 Å². The third kappa shape index (κ3) is 2.64. The summed E-state index contributed by atoms with van der Waals surface area (Å²) in [6, 6.07) is 7.84. The molecule has 0 bridgehead atoms. The lowest BCUT2D eigenvalue weighted by Gasteiger charge is -2.22. The summed E-state index contributed by atoms with van der Waals surface area (Å²) in [6.45, 7) is 0.300. The number of nitrogens with zero attached hydrogens (tertiary/aromatic N) is 2. The molecule has 0 unspecified atom stereocenters. The molecule has 1 aromatic carbocycles. The van der Waals surface area contributed by atoms with E-state index in [1.807, 2.05) is 0 Å². The lowest BCUT2D eigenvalue weighted by molar-refractivity contribution is 0.213. The van der Waals surface area contributed by atoms with Gasteiger partial charge in [0.1, 0.15) is 5.15 Å². The van der Waals surface area contributed by atoms with Crippen LogP contribution in [-0.2, 0) is 10.0 Å². The van der Waals surface area contributed by atoms with Gasteiger partial charge in [-0.3, -0.25) is 0 Å². The summed E-state index contributed by atoms with van der Waals surface area (Å²) < 4.78 is 26.8. The van der Waals surface area contributed by atoms with E-state index in [-0.39, 0.29) is 17.5 Å². The van der Waals surface area contributed by atoms with Gasteiger partial charge >= 0.3 is 0 Å². The molecule has 112 valence electrons. The van der Waals surface area contributed by atoms with Crippen molar-refractivity contribution in [2.24, 2.45) is 0 Å². The van der Waals surface area contributed by atoms with Gasteiger partial charge in [-0.05, 0) is 43.2 Å². The number of aromatic nitrogens is 1. The quantitative estimate of drug-likeness (QED) is 0.876. The highest BCUT2D eigenvalue weighted by atomic mass is 35.5. The van der Waals surface area contributed by atoms with E-state index in [2.05, 4.69) is 4.98 Å². The lowest BCUT2D eigenvalue weighted by atomic mass is 10.2. The van der Waals surface area contributed by atoms with Gasteiger partial charge in [0, 0.05) is 18.0 Å². The van der Waals surface area contributed by atoms with Crippen LogP contribution < -0.4 is 0 Å². The van der Waals surface area contributed by atoms with Gasteiger partial charge in [0.2, 0.25) is 10.0 Å². The third-order valence-electron chi connectivity index (χ3n) is 3.77. The summed E-state index contributed by atoms with van der Waals surface area (Å²) in [6.07, 6.45) is 1.47. The fourth-order valence-corrected chi connectivity index (χ4v) is 4.56. The van der Waals surface area contributed by atoms with Gasteiger partial charge < -0.3 is 5.11 Å². The minimum atomic E-state index is -3.59. The maximum Gasteiger partial charge on any atom is 0.243 e. The van der Waals surface area contributed by atoms with Crippen LogP contribution in [0.15, 0.2) is 35.2 Å². The number of fused-ring (bicyclic) bond motifs is 1. The molecule has 7 heteroatoms. The first kappa shape index (κ1) is 14.7. The van der Waals surface area contributed by atoms with Gasteiger partial charge in [0.15, 0.2) is 0 Å². The normalized spacial score (nSPS) is 20.2. The van der Waals surface area contributed by atoms with Crippen molar-refractivity contribution in [3.05, 3.63) is 35.5 Å². The van der Waals surface area contributed by atoms with E-state index in [1.165, 1.54) is 10.4 Å². The molecule has 1 N–H and O–H groups in total. The van der Waals surface area contributed by atoms with E-state index in [4.69, 9.17) is 11.6 Å². The van der Waals surface area contributed by atoms with Gasteiger partial charge in [-0.25, -0.2) is 13.4 Å². The third-order valence-corrected chi connectivity index (χ3v) is 5.93. The van der Waals surface area contributed by atoms with Crippen molar-refractivity contribution in [2.45, 2.75) is 23.8 Å². The van der Waals surface area contributed by atoms with Crippen molar-refractivity contribution < 1.29 is 13.5 Å². The van der Waals surface area contributed by atoms with Crippen LogP contribution in [0.3, 0.4) is 0 Å². The van der Waals surface area contributed by atoms with E-state index < -0.39 is 10.0 Å². The van der Waals surface area contributed by atoms with Gasteiger partial charge in [-0.15, -0.1) is 0 Å². The van der Waals surface area contributed by atoms with E-state index in [0.29, 0.717) is 23.6 Å². The van der Waals surface area contributed by atoms with E-state index in [9.17, 15) is 13.5 Å². The number of hydrogen-bond donors (Lipinski definition) is 1. The van der Waals surface area contributed by atoms with Crippen LogP contribution in [-0.4, -0.2) is 42.0 Å². The number of rotatable bonds is 3. The highest BCUT2D eigenvalue weighted by Crippen LogP contribution is 2.27. The molecule has 0 aliphatic carbocycles. The van der Waals surface area contributed by atoms with Crippen LogP contribution in [0.4, 0.5) is 0 Å². The molecule has 1 aliphatic heterocycles. The van der Waals surface area contributed by atoms with Gasteiger partial charge in [-0.2, -0.15) is 4.31 Å². The SMILES string of the molecule is O=S(=O)(c1ccc2nc(Cl)ccc2c1)N1CCC[C@H]1CO. The second kappa shape index (κ2) is 5.53. The van der Waals surface area contributed by atoms with Gasteiger partial charge in [0.05, 0.1) is 17.0 Å². The topological polar surface area (TPSA) is 70.5 Å². The Hall–Kier alpha value is -1.21. The highest BCUT2D eigenvalue weighted by Gasteiger charge is 2.34. The maximum atomic E-state index is 12.7. The molecule has 0 radical (unpaired) electrons. The summed E-state index contributed by atoms with van der Waals surface area (Å²) in [5.41, 5.74) is 0.654. The van der Waals surface area contributed by atoms with E-state index in [1.54, 1.807) is 24.3 Å². The summed E-state index contributed by atoms with van der Waals surface area (Å²) in [5.74, 6) is 0. The second-order valence-corrected chi connectivity index (χ2v) is 7.36. The molecule has 0 amide bonds. The van der Waals surface area contributed by atoms with Gasteiger partial charge in [-0.1, -0.05) is 11.6 Å². The van der Waals surface area contributed by atoms with Crippen molar-refractivity contribution in [3.63, 3.8) is 0 Å². The van der Waals surface area contributed by atoms with Crippen molar-refractivity contribution in [2.75, 3.05) is 13.2 Å². The average molecular weight is 327 g/mol. The van der Waals surface area contributed by atoms with Crippen molar-refractivity contribution in [1.82, 2.24) is 9.29 Å². The molecule has 3 rings (SSSR count). The number of aliphatic hydroxyl groups is 1. The molecule has 1 atom stereocenters. The zero-order valence-electron chi connectivity index (χ0n) is 11.2. The van der Waals surface area contributed by atoms with Crippen LogP contribution >= 0.6 is 11.6 Å². The van der Waals surface area contributed by atoms with Crippen molar-refractivity contribution in [3.8, 4) is 0 Å². The number of pyridine rings is 1. The molecular formula is C14H15ClN2O3S. The number of sulfonamides is 1. The smallest absolute Gasteiger partial charge is 0.243 e. The Bertz CT molecular complexity index is 779. The van der Waals surface area contributed by atoms with Crippen LogP contribution in [0, 0.1) is 0 Å². The Morgan fingerprint density at radius 1 is 1.33 bits per heavy atom. The molecule has 1 aliphatic rings. The molecular weight excluding hydrogens is 312 g/mol. The first-order chi connectivity index (χ1) is 10.0. The first-order valence-electron chi connectivity index (χ1n) is 6.71. The Balaban J connectivity index is 2.04. The summed E-state index contributed by atoms with van der Waals surface area (Å²) in [4.78, 5) is 4.37. The Morgan fingerprint density at radius 3 is 2.90 bits per heavy atom. The number of benzene rings is 1. The minimum absolute atomic E-state index is 0.149. The number of hydrogen-bond acceptors (Lipinski definition) is 4. The molecule has 5 nitrogen and oxygen atoms in total. The molecule has 0 saturated carbocycles. The fourth-order valence-electron chi connectivity index (χ4n) is 2.68. The largest absolute Gasteiger partial charge is 0.395 e. The minimum Gasteiger partial charge on any atom is -0.395 e. The van der Waals surface area contributed by atoms with E-state index in [0.717, 1.165) is 11.8 Å². The molecule has 2 heterocycles. The Morgan fingerprint density at radius 2 is 2.14 bits per heavy atom. The molecule has 21 heavy (non-hydrogen) atoms. The van der Waals surface area contributed by atoms with Crippen LogP contribution in [0.2, 0.25) is 5.15 Å². The van der Waals surface area contributed by atoms with Crippen molar-refractivity contribution in [1.29, 1.82) is 0 Å². The second-order valence-electron chi connectivity index (χ2n) is 5.08. The standard InChI is InChI=1S/C14H15ClN2O3S/c15-14-6-3-10-8-12(4-5-13(10)16-14)21(19,20)17-7-1-2-11(17)9-18/h3-6,8,11,18H,1-2,7,9H2/t11-/m0/s1. The molecule has 1 fully saturated rings. The molecule has 2 aromatic rings. The Labute approximate surface area is 128 Å². The van der Waals surface area contributed by atoms with Crippen molar-refractivity contribution >= 4 is 32.5 Å². The highest BCUT2D eigenvalue weighted by molar-refractivity contribution is 7.89.